The third-order valence-corrected chi connectivity index (χ3v) is 6.36. The summed E-state index contributed by atoms with van der Waals surface area (Å²) in [6.07, 6.45) is 3.06. The van der Waals surface area contributed by atoms with Crippen molar-refractivity contribution in [3.05, 3.63) is 0 Å². The van der Waals surface area contributed by atoms with Crippen LogP contribution in [0.2, 0.25) is 0 Å². The number of rotatable bonds is 2. The van der Waals surface area contributed by atoms with Gasteiger partial charge in [0.05, 0.1) is 19.0 Å². The normalized spacial score (nSPS) is 32.7. The van der Waals surface area contributed by atoms with Crippen molar-refractivity contribution in [3.63, 3.8) is 0 Å². The van der Waals surface area contributed by atoms with Crippen molar-refractivity contribution in [2.75, 3.05) is 39.0 Å². The van der Waals surface area contributed by atoms with Gasteiger partial charge in [0.2, 0.25) is 10.0 Å². The van der Waals surface area contributed by atoms with Crippen molar-refractivity contribution in [2.45, 2.75) is 37.5 Å². The number of amides is 1. The van der Waals surface area contributed by atoms with Gasteiger partial charge >= 0.3 is 0 Å². The Labute approximate surface area is 130 Å². The van der Waals surface area contributed by atoms with Crippen molar-refractivity contribution in [2.24, 2.45) is 5.92 Å². The van der Waals surface area contributed by atoms with E-state index in [9.17, 15) is 17.6 Å². The van der Waals surface area contributed by atoms with Gasteiger partial charge in [-0.2, -0.15) is 4.31 Å². The van der Waals surface area contributed by atoms with E-state index in [2.05, 4.69) is 0 Å². The van der Waals surface area contributed by atoms with E-state index >= 15 is 0 Å². The van der Waals surface area contributed by atoms with Crippen molar-refractivity contribution >= 4 is 15.9 Å². The zero-order valence-electron chi connectivity index (χ0n) is 12.8. The first-order valence-electron chi connectivity index (χ1n) is 7.85. The topological polar surface area (TPSA) is 66.9 Å². The van der Waals surface area contributed by atoms with Gasteiger partial charge in [0, 0.05) is 32.1 Å². The average Bonchev–Trinajstić information content (AvgIpc) is 2.65. The number of piperidine rings is 1. The molecule has 22 heavy (non-hydrogen) atoms. The maximum Gasteiger partial charge on any atom is 0.260 e. The summed E-state index contributed by atoms with van der Waals surface area (Å²) in [6, 6.07) is 0. The molecule has 0 bridgehead atoms. The number of carbonyl (C=O) groups excluding carboxylic acids is 1. The molecule has 1 amide bonds. The Balaban J connectivity index is 1.65. The van der Waals surface area contributed by atoms with Gasteiger partial charge in [0.1, 0.15) is 0 Å². The number of hydrogen-bond acceptors (Lipinski definition) is 4. The molecular formula is C14H23FN2O4S. The highest BCUT2D eigenvalue weighted by Crippen LogP contribution is 2.38. The standard InChI is InChI=1S/C14H23FN2O4S/c1-22(19,20)17-7-8-21-12-10-16(6-3-11(12)9-17)13(18)14(15)4-2-5-14/h11-12H,2-10H2,1H3/t11-,12-/m1/s1. The van der Waals surface area contributed by atoms with E-state index in [0.717, 1.165) is 6.42 Å². The number of fused-ring (bicyclic) bond motifs is 1. The summed E-state index contributed by atoms with van der Waals surface area (Å²) >= 11 is 0. The maximum absolute atomic E-state index is 14.3. The van der Waals surface area contributed by atoms with Crippen LogP contribution in [0.15, 0.2) is 0 Å². The number of alkyl halides is 1. The van der Waals surface area contributed by atoms with Gasteiger partial charge in [-0.1, -0.05) is 0 Å². The fourth-order valence-corrected chi connectivity index (χ4v) is 4.36. The summed E-state index contributed by atoms with van der Waals surface area (Å²) in [5.41, 5.74) is -1.67. The van der Waals surface area contributed by atoms with E-state index in [1.807, 2.05) is 0 Å². The molecule has 0 unspecified atom stereocenters. The summed E-state index contributed by atoms with van der Waals surface area (Å²) in [6.45, 7) is 1.93. The molecule has 0 spiro atoms. The number of nitrogens with zero attached hydrogens (tertiary/aromatic N) is 2. The van der Waals surface area contributed by atoms with Gasteiger partial charge < -0.3 is 9.64 Å². The number of sulfonamides is 1. The Morgan fingerprint density at radius 1 is 1.27 bits per heavy atom. The van der Waals surface area contributed by atoms with Crippen molar-refractivity contribution in [3.8, 4) is 0 Å². The third-order valence-electron chi connectivity index (χ3n) is 5.09. The monoisotopic (exact) mass is 334 g/mol. The molecule has 1 saturated carbocycles. The van der Waals surface area contributed by atoms with Crippen LogP contribution in [-0.4, -0.2) is 74.3 Å². The van der Waals surface area contributed by atoms with Gasteiger partial charge in [-0.05, 0) is 25.7 Å². The van der Waals surface area contributed by atoms with Crippen LogP contribution in [0.1, 0.15) is 25.7 Å². The highest BCUT2D eigenvalue weighted by molar-refractivity contribution is 7.88. The number of carbonyl (C=O) groups is 1. The second-order valence-corrected chi connectivity index (χ2v) is 8.63. The van der Waals surface area contributed by atoms with Crippen LogP contribution < -0.4 is 0 Å². The zero-order valence-corrected chi connectivity index (χ0v) is 13.6. The smallest absolute Gasteiger partial charge is 0.260 e. The highest BCUT2D eigenvalue weighted by atomic mass is 32.2. The van der Waals surface area contributed by atoms with Crippen molar-refractivity contribution < 1.29 is 22.3 Å². The van der Waals surface area contributed by atoms with E-state index in [-0.39, 0.29) is 12.0 Å². The number of halogens is 1. The van der Waals surface area contributed by atoms with Crippen LogP contribution in [0.5, 0.6) is 0 Å². The Morgan fingerprint density at radius 3 is 2.59 bits per heavy atom. The van der Waals surface area contributed by atoms with Gasteiger partial charge in [0.15, 0.2) is 5.67 Å². The number of hydrogen-bond donors (Lipinski definition) is 0. The van der Waals surface area contributed by atoms with Crippen LogP contribution in [0.3, 0.4) is 0 Å². The molecule has 0 aromatic carbocycles. The van der Waals surface area contributed by atoms with E-state index in [1.54, 1.807) is 4.90 Å². The van der Waals surface area contributed by atoms with Crippen LogP contribution >= 0.6 is 0 Å². The molecular weight excluding hydrogens is 311 g/mol. The molecule has 3 fully saturated rings. The highest BCUT2D eigenvalue weighted by Gasteiger charge is 2.48. The largest absolute Gasteiger partial charge is 0.375 e. The first kappa shape index (κ1) is 16.1. The lowest BCUT2D eigenvalue weighted by Gasteiger charge is -2.42. The second-order valence-electron chi connectivity index (χ2n) is 6.65. The maximum atomic E-state index is 14.3. The zero-order chi connectivity index (χ0) is 16.0. The summed E-state index contributed by atoms with van der Waals surface area (Å²) in [5.74, 6) is -0.344. The molecule has 2 saturated heterocycles. The van der Waals surface area contributed by atoms with Crippen molar-refractivity contribution in [1.29, 1.82) is 0 Å². The molecule has 126 valence electrons. The molecule has 3 rings (SSSR count). The molecule has 0 aromatic rings. The quantitative estimate of drug-likeness (QED) is 0.733. The molecule has 2 aliphatic heterocycles. The van der Waals surface area contributed by atoms with Gasteiger partial charge in [-0.3, -0.25) is 4.79 Å². The molecule has 0 N–H and O–H groups in total. The minimum atomic E-state index is -3.23. The predicted octanol–water partition coefficient (Wildman–Crippen LogP) is 0.388. The SMILES string of the molecule is CS(=O)(=O)N1CCO[C@@H]2CN(C(=O)C3(F)CCC3)CC[C@@H]2C1. The van der Waals surface area contributed by atoms with Gasteiger partial charge in [-0.15, -0.1) is 0 Å². The van der Waals surface area contributed by atoms with Crippen LogP contribution in [0.25, 0.3) is 0 Å². The Kier molecular flexibility index (Phi) is 4.20. The summed E-state index contributed by atoms with van der Waals surface area (Å²) in [5, 5.41) is 0. The fraction of sp³-hybridized carbons (Fsp3) is 0.929. The lowest BCUT2D eigenvalue weighted by atomic mass is 9.80. The van der Waals surface area contributed by atoms with E-state index < -0.39 is 21.6 Å². The molecule has 1 aliphatic carbocycles. The number of ether oxygens (including phenoxy) is 1. The molecule has 0 radical (unpaired) electrons. The van der Waals surface area contributed by atoms with Crippen molar-refractivity contribution in [1.82, 2.24) is 9.21 Å². The van der Waals surface area contributed by atoms with Crippen LogP contribution in [-0.2, 0) is 19.6 Å². The summed E-state index contributed by atoms with van der Waals surface area (Å²) in [4.78, 5) is 13.8. The Bertz CT molecular complexity index is 549. The van der Waals surface area contributed by atoms with E-state index in [4.69, 9.17) is 4.74 Å². The minimum Gasteiger partial charge on any atom is -0.375 e. The lowest BCUT2D eigenvalue weighted by Crippen LogP contribution is -2.56. The van der Waals surface area contributed by atoms with Gasteiger partial charge in [0.25, 0.3) is 5.91 Å². The predicted molar refractivity (Wildman–Crippen MR) is 78.5 cm³/mol. The first-order valence-corrected chi connectivity index (χ1v) is 9.69. The Hall–Kier alpha value is -0.730. The minimum absolute atomic E-state index is 0.0678. The average molecular weight is 334 g/mol. The Morgan fingerprint density at radius 2 is 2.00 bits per heavy atom. The fourth-order valence-electron chi connectivity index (χ4n) is 3.49. The molecule has 2 heterocycles. The van der Waals surface area contributed by atoms with Gasteiger partial charge in [-0.25, -0.2) is 12.8 Å². The van der Waals surface area contributed by atoms with Crippen LogP contribution in [0.4, 0.5) is 4.39 Å². The first-order chi connectivity index (χ1) is 10.3. The number of likely N-dealkylation sites (tertiary alicyclic amines) is 1. The third kappa shape index (κ3) is 3.00. The molecule has 2 atom stereocenters. The lowest BCUT2D eigenvalue weighted by molar-refractivity contribution is -0.155. The van der Waals surface area contributed by atoms with E-state index in [0.29, 0.717) is 52.0 Å². The molecule has 8 heteroatoms. The molecule has 6 nitrogen and oxygen atoms in total. The van der Waals surface area contributed by atoms with E-state index in [1.165, 1.54) is 10.6 Å². The van der Waals surface area contributed by atoms with Crippen LogP contribution in [0, 0.1) is 5.92 Å². The summed E-state index contributed by atoms with van der Waals surface area (Å²) in [7, 11) is -3.23. The molecule has 0 aromatic heterocycles. The summed E-state index contributed by atoms with van der Waals surface area (Å²) < 4.78 is 44.9. The second kappa shape index (κ2) is 5.72. The molecule has 3 aliphatic rings.